The molecule has 2 rings (SSSR count). The number of halogens is 3. The van der Waals surface area contributed by atoms with Crippen LogP contribution in [-0.2, 0) is 4.79 Å². The molecule has 1 atom stereocenters. The van der Waals surface area contributed by atoms with Gasteiger partial charge in [0, 0.05) is 20.1 Å². The highest BCUT2D eigenvalue weighted by molar-refractivity contribution is 5.85. The third-order valence-electron chi connectivity index (χ3n) is 3.95. The fourth-order valence-corrected chi connectivity index (χ4v) is 2.44. The predicted molar refractivity (Wildman–Crippen MR) is 110 cm³/mol. The Bertz CT molecular complexity index is 683. The van der Waals surface area contributed by atoms with Crippen LogP contribution in [0.25, 0.3) is 0 Å². The highest BCUT2D eigenvalue weighted by Gasteiger charge is 2.15. The zero-order valence-electron chi connectivity index (χ0n) is 14.9. The molecule has 0 aliphatic heterocycles. The number of para-hydroxylation sites is 1. The lowest BCUT2D eigenvalue weighted by Gasteiger charge is -2.20. The third kappa shape index (κ3) is 6.83. The van der Waals surface area contributed by atoms with Crippen molar-refractivity contribution >= 4 is 36.4 Å². The Balaban J connectivity index is 0.00000312. The number of carbonyl (C=O) groups is 1. The number of amides is 1. The zero-order valence-corrected chi connectivity index (χ0v) is 16.6. The standard InChI is InChI=1S/C19H24FN3O.2ClH/c1-14-8-10-15(11-9-14)18(21)19(24)22-12-5-13-23(2)17-7-4-3-6-16(17)20;;/h3-4,6-11,18H,5,12-13,21H2,1-2H3,(H,22,24);2*1H. The van der Waals surface area contributed by atoms with Crippen LogP contribution in [0.15, 0.2) is 48.5 Å². The molecule has 7 heteroatoms. The molecule has 0 spiro atoms. The molecule has 0 aromatic heterocycles. The van der Waals surface area contributed by atoms with Gasteiger partial charge in [-0.05, 0) is 31.0 Å². The van der Waals surface area contributed by atoms with E-state index in [4.69, 9.17) is 5.73 Å². The Kier molecular flexibility index (Phi) is 10.9. The van der Waals surface area contributed by atoms with E-state index in [1.165, 1.54) is 6.07 Å². The number of nitrogens with one attached hydrogen (secondary N) is 1. The molecule has 0 saturated carbocycles. The second kappa shape index (κ2) is 11.7. The third-order valence-corrected chi connectivity index (χ3v) is 3.95. The second-order valence-electron chi connectivity index (χ2n) is 5.91. The predicted octanol–water partition coefficient (Wildman–Crippen LogP) is 3.62. The van der Waals surface area contributed by atoms with Crippen LogP contribution in [0.3, 0.4) is 0 Å². The van der Waals surface area contributed by atoms with E-state index in [0.717, 1.165) is 11.1 Å². The molecule has 0 saturated heterocycles. The summed E-state index contributed by atoms with van der Waals surface area (Å²) in [5, 5.41) is 2.83. The SMILES string of the molecule is Cc1ccc(C(N)C(=O)NCCCN(C)c2ccccc2F)cc1.Cl.Cl. The highest BCUT2D eigenvalue weighted by Crippen LogP contribution is 2.17. The van der Waals surface area contributed by atoms with Crippen molar-refractivity contribution in [2.75, 3.05) is 25.0 Å². The summed E-state index contributed by atoms with van der Waals surface area (Å²) in [6, 6.07) is 13.6. The minimum Gasteiger partial charge on any atom is -0.372 e. The maximum atomic E-state index is 13.7. The van der Waals surface area contributed by atoms with Gasteiger partial charge in [0.25, 0.3) is 0 Å². The average Bonchev–Trinajstić information content (AvgIpc) is 2.58. The summed E-state index contributed by atoms with van der Waals surface area (Å²) >= 11 is 0. The molecule has 1 amide bonds. The van der Waals surface area contributed by atoms with Crippen LogP contribution in [0.5, 0.6) is 0 Å². The Morgan fingerprint density at radius 2 is 1.77 bits per heavy atom. The molecule has 2 aromatic rings. The van der Waals surface area contributed by atoms with E-state index in [0.29, 0.717) is 25.2 Å². The molecule has 4 nitrogen and oxygen atoms in total. The first-order chi connectivity index (χ1) is 11.5. The summed E-state index contributed by atoms with van der Waals surface area (Å²) in [7, 11) is 1.83. The number of hydrogen-bond donors (Lipinski definition) is 2. The molecule has 0 heterocycles. The van der Waals surface area contributed by atoms with Gasteiger partial charge in [0.1, 0.15) is 11.9 Å². The van der Waals surface area contributed by atoms with E-state index in [9.17, 15) is 9.18 Å². The van der Waals surface area contributed by atoms with E-state index in [1.807, 2.05) is 43.1 Å². The number of hydrogen-bond acceptors (Lipinski definition) is 3. The molecule has 0 radical (unpaired) electrons. The molecule has 0 fully saturated rings. The monoisotopic (exact) mass is 401 g/mol. The van der Waals surface area contributed by atoms with Gasteiger partial charge in [-0.1, -0.05) is 42.0 Å². The Labute approximate surface area is 166 Å². The first-order valence-electron chi connectivity index (χ1n) is 8.04. The molecule has 1 unspecified atom stereocenters. The molecule has 144 valence electrons. The number of carbonyl (C=O) groups excluding carboxylic acids is 1. The van der Waals surface area contributed by atoms with Crippen molar-refractivity contribution < 1.29 is 9.18 Å². The summed E-state index contributed by atoms with van der Waals surface area (Å²) in [6.07, 6.45) is 0.706. The van der Waals surface area contributed by atoms with E-state index >= 15 is 0 Å². The van der Waals surface area contributed by atoms with Crippen LogP contribution >= 0.6 is 24.8 Å². The lowest BCUT2D eigenvalue weighted by molar-refractivity contribution is -0.122. The summed E-state index contributed by atoms with van der Waals surface area (Å²) in [5.74, 6) is -0.446. The summed E-state index contributed by atoms with van der Waals surface area (Å²) in [6.45, 7) is 3.12. The molecule has 3 N–H and O–H groups in total. The van der Waals surface area contributed by atoms with Crippen molar-refractivity contribution in [3.8, 4) is 0 Å². The number of nitrogens with two attached hydrogens (primary N) is 1. The maximum absolute atomic E-state index is 13.7. The van der Waals surface area contributed by atoms with Gasteiger partial charge in [0.05, 0.1) is 5.69 Å². The van der Waals surface area contributed by atoms with E-state index < -0.39 is 6.04 Å². The minimum atomic E-state index is -0.671. The van der Waals surface area contributed by atoms with Crippen molar-refractivity contribution in [1.29, 1.82) is 0 Å². The maximum Gasteiger partial charge on any atom is 0.241 e. The van der Waals surface area contributed by atoms with E-state index in [-0.39, 0.29) is 36.5 Å². The fraction of sp³-hybridized carbons (Fsp3) is 0.316. The first kappa shape index (κ1) is 24.2. The number of rotatable bonds is 7. The van der Waals surface area contributed by atoms with Crippen LogP contribution in [0.1, 0.15) is 23.6 Å². The van der Waals surface area contributed by atoms with Gasteiger partial charge in [0.2, 0.25) is 5.91 Å². The molecular formula is C19H26Cl2FN3O. The van der Waals surface area contributed by atoms with Crippen molar-refractivity contribution in [2.45, 2.75) is 19.4 Å². The molecule has 0 aliphatic rings. The Morgan fingerprint density at radius 1 is 1.15 bits per heavy atom. The van der Waals surface area contributed by atoms with Crippen molar-refractivity contribution in [3.63, 3.8) is 0 Å². The Hall–Kier alpha value is -1.82. The van der Waals surface area contributed by atoms with Crippen molar-refractivity contribution in [3.05, 3.63) is 65.5 Å². The van der Waals surface area contributed by atoms with Gasteiger partial charge in [-0.2, -0.15) is 0 Å². The van der Waals surface area contributed by atoms with Crippen molar-refractivity contribution in [1.82, 2.24) is 5.32 Å². The lowest BCUT2D eigenvalue weighted by Crippen LogP contribution is -2.35. The largest absolute Gasteiger partial charge is 0.372 e. The molecule has 26 heavy (non-hydrogen) atoms. The number of aryl methyl sites for hydroxylation is 1. The van der Waals surface area contributed by atoms with Crippen LogP contribution < -0.4 is 16.0 Å². The van der Waals surface area contributed by atoms with Gasteiger partial charge in [0.15, 0.2) is 0 Å². The van der Waals surface area contributed by atoms with Crippen molar-refractivity contribution in [2.24, 2.45) is 5.73 Å². The first-order valence-corrected chi connectivity index (χ1v) is 8.04. The van der Waals surface area contributed by atoms with Gasteiger partial charge >= 0.3 is 0 Å². The summed E-state index contributed by atoms with van der Waals surface area (Å²) in [4.78, 5) is 13.9. The van der Waals surface area contributed by atoms with Gasteiger partial charge < -0.3 is 16.0 Å². The second-order valence-corrected chi connectivity index (χ2v) is 5.91. The lowest BCUT2D eigenvalue weighted by atomic mass is 10.1. The quantitative estimate of drug-likeness (QED) is 0.696. The fourth-order valence-electron chi connectivity index (χ4n) is 2.44. The summed E-state index contributed by atoms with van der Waals surface area (Å²) < 4.78 is 13.7. The smallest absolute Gasteiger partial charge is 0.241 e. The molecule has 0 bridgehead atoms. The van der Waals surface area contributed by atoms with Gasteiger partial charge in [-0.15, -0.1) is 24.8 Å². The number of anilines is 1. The topological polar surface area (TPSA) is 58.4 Å². The number of benzene rings is 2. The van der Waals surface area contributed by atoms with Crippen LogP contribution in [0.4, 0.5) is 10.1 Å². The summed E-state index contributed by atoms with van der Waals surface area (Å²) in [5.41, 5.74) is 8.45. The van der Waals surface area contributed by atoms with Crippen LogP contribution in [-0.4, -0.2) is 26.0 Å². The molecule has 0 aliphatic carbocycles. The van der Waals surface area contributed by atoms with Gasteiger partial charge in [-0.25, -0.2) is 4.39 Å². The molecular weight excluding hydrogens is 376 g/mol. The minimum absolute atomic E-state index is 0. The number of nitrogens with zero attached hydrogens (tertiary/aromatic N) is 1. The normalized spacial score (nSPS) is 10.9. The molecule has 2 aromatic carbocycles. The zero-order chi connectivity index (χ0) is 17.5. The highest BCUT2D eigenvalue weighted by atomic mass is 35.5. The van der Waals surface area contributed by atoms with Crippen LogP contribution in [0.2, 0.25) is 0 Å². The van der Waals surface area contributed by atoms with Gasteiger partial charge in [-0.3, -0.25) is 4.79 Å². The van der Waals surface area contributed by atoms with E-state index in [1.54, 1.807) is 18.2 Å². The average molecular weight is 402 g/mol. The Morgan fingerprint density at radius 3 is 2.38 bits per heavy atom. The van der Waals surface area contributed by atoms with Crippen LogP contribution in [0, 0.1) is 12.7 Å². The van der Waals surface area contributed by atoms with E-state index in [2.05, 4.69) is 5.32 Å².